The van der Waals surface area contributed by atoms with Crippen LogP contribution in [0, 0.1) is 0 Å². The van der Waals surface area contributed by atoms with Crippen molar-refractivity contribution in [1.29, 1.82) is 0 Å². The summed E-state index contributed by atoms with van der Waals surface area (Å²) in [6.45, 7) is 0. The van der Waals surface area contributed by atoms with Gasteiger partial charge in [0, 0.05) is 9.86 Å². The molecule has 0 amide bonds. The maximum atomic E-state index is 9.53. The summed E-state index contributed by atoms with van der Waals surface area (Å²) in [5.41, 5.74) is 1.71. The Balaban J connectivity index is 2.55. The Morgan fingerprint density at radius 3 is 2.80 bits per heavy atom. The summed E-state index contributed by atoms with van der Waals surface area (Å²) < 4.78 is 2.77. The summed E-state index contributed by atoms with van der Waals surface area (Å²) in [5.74, 6) is 0.208. The zero-order valence-corrected chi connectivity index (χ0v) is 9.27. The summed E-state index contributed by atoms with van der Waals surface area (Å²) in [4.78, 5) is 0. The molecule has 0 aliphatic carbocycles. The maximum absolute atomic E-state index is 9.53. The van der Waals surface area contributed by atoms with Gasteiger partial charge in [0.25, 0.3) is 0 Å². The number of halogens is 1. The molecule has 0 unspecified atom stereocenters. The second-order valence-corrected chi connectivity index (χ2v) is 4.28. The van der Waals surface area contributed by atoms with Gasteiger partial charge in [-0.2, -0.15) is 5.10 Å². The number of rotatable bonds is 0. The number of benzene rings is 1. The summed E-state index contributed by atoms with van der Waals surface area (Å²) in [6, 6.07) is 9.78. The number of pyridine rings is 1. The largest absolute Gasteiger partial charge is 0.504 e. The third kappa shape index (κ3) is 1.22. The van der Waals surface area contributed by atoms with Gasteiger partial charge in [-0.1, -0.05) is 22.0 Å². The van der Waals surface area contributed by atoms with Gasteiger partial charge in [0.05, 0.1) is 11.7 Å². The predicted molar refractivity (Wildman–Crippen MR) is 62.1 cm³/mol. The van der Waals surface area contributed by atoms with E-state index in [1.54, 1.807) is 4.52 Å². The van der Waals surface area contributed by atoms with Crippen LogP contribution >= 0.6 is 15.9 Å². The zero-order chi connectivity index (χ0) is 10.4. The molecular weight excluding hydrogens is 256 g/mol. The Labute approximate surface area is 94.1 Å². The lowest BCUT2D eigenvalue weighted by atomic mass is 10.2. The van der Waals surface area contributed by atoms with Gasteiger partial charge >= 0.3 is 0 Å². The average Bonchev–Trinajstić information content (AvgIpc) is 2.60. The third-order valence-electron chi connectivity index (χ3n) is 2.42. The van der Waals surface area contributed by atoms with E-state index in [4.69, 9.17) is 0 Å². The molecule has 2 aromatic heterocycles. The van der Waals surface area contributed by atoms with Crippen molar-refractivity contribution in [3.8, 4) is 5.75 Å². The molecule has 15 heavy (non-hydrogen) atoms. The van der Waals surface area contributed by atoms with Crippen LogP contribution in [0.25, 0.3) is 16.4 Å². The highest BCUT2D eigenvalue weighted by molar-refractivity contribution is 9.10. The third-order valence-corrected chi connectivity index (χ3v) is 2.92. The van der Waals surface area contributed by atoms with Gasteiger partial charge in [-0.15, -0.1) is 0 Å². The Morgan fingerprint density at radius 1 is 1.13 bits per heavy atom. The van der Waals surface area contributed by atoms with Crippen LogP contribution in [0.4, 0.5) is 0 Å². The first-order valence-electron chi connectivity index (χ1n) is 4.51. The van der Waals surface area contributed by atoms with E-state index in [0.29, 0.717) is 0 Å². The first-order valence-corrected chi connectivity index (χ1v) is 5.30. The highest BCUT2D eigenvalue weighted by atomic mass is 79.9. The fourth-order valence-corrected chi connectivity index (χ4v) is 2.10. The van der Waals surface area contributed by atoms with E-state index in [-0.39, 0.29) is 5.75 Å². The molecule has 0 aliphatic rings. The fourth-order valence-electron chi connectivity index (χ4n) is 1.72. The molecule has 0 saturated carbocycles. The molecule has 0 fully saturated rings. The summed E-state index contributed by atoms with van der Waals surface area (Å²) in [5, 5.41) is 14.7. The highest BCUT2D eigenvalue weighted by Gasteiger charge is 2.05. The molecule has 1 aromatic carbocycles. The highest BCUT2D eigenvalue weighted by Crippen LogP contribution is 2.24. The van der Waals surface area contributed by atoms with E-state index < -0.39 is 0 Å². The number of hydrogen-bond donors (Lipinski definition) is 1. The molecule has 0 spiro atoms. The molecule has 0 bridgehead atoms. The number of aromatic nitrogens is 2. The summed E-state index contributed by atoms with van der Waals surface area (Å²) in [7, 11) is 0. The van der Waals surface area contributed by atoms with Crippen LogP contribution in [0.3, 0.4) is 0 Å². The fraction of sp³-hybridized carbons (Fsp3) is 0. The van der Waals surface area contributed by atoms with Gasteiger partial charge < -0.3 is 5.11 Å². The van der Waals surface area contributed by atoms with E-state index in [1.165, 1.54) is 6.20 Å². The number of aromatic hydroxyl groups is 1. The maximum Gasteiger partial charge on any atom is 0.161 e. The quantitative estimate of drug-likeness (QED) is 0.677. The minimum absolute atomic E-state index is 0.208. The van der Waals surface area contributed by atoms with Crippen molar-refractivity contribution in [2.45, 2.75) is 0 Å². The van der Waals surface area contributed by atoms with Crippen LogP contribution < -0.4 is 0 Å². The molecule has 4 heteroatoms. The van der Waals surface area contributed by atoms with E-state index in [9.17, 15) is 5.11 Å². The van der Waals surface area contributed by atoms with Crippen LogP contribution in [0.1, 0.15) is 0 Å². The standard InChI is InChI=1S/C11H7BrN2O/c12-8-2-4-9-7(5-8)1-3-10-11(15)6-13-14(9)10/h1-6,15H. The molecule has 0 radical (unpaired) electrons. The van der Waals surface area contributed by atoms with Crippen LogP contribution in [0.15, 0.2) is 41.0 Å². The number of nitrogens with zero attached hydrogens (tertiary/aromatic N) is 2. The summed E-state index contributed by atoms with van der Waals surface area (Å²) >= 11 is 3.42. The normalized spacial score (nSPS) is 11.3. The Morgan fingerprint density at radius 2 is 1.93 bits per heavy atom. The van der Waals surface area contributed by atoms with Crippen LogP contribution in [-0.4, -0.2) is 14.7 Å². The van der Waals surface area contributed by atoms with Crippen molar-refractivity contribution in [3.05, 3.63) is 41.0 Å². The zero-order valence-electron chi connectivity index (χ0n) is 7.68. The van der Waals surface area contributed by atoms with Crippen molar-refractivity contribution in [3.63, 3.8) is 0 Å². The molecule has 3 nitrogen and oxygen atoms in total. The lowest BCUT2D eigenvalue weighted by Crippen LogP contribution is -1.89. The lowest BCUT2D eigenvalue weighted by molar-refractivity contribution is 0.481. The van der Waals surface area contributed by atoms with Crippen molar-refractivity contribution in [2.75, 3.05) is 0 Å². The molecule has 0 saturated heterocycles. The molecule has 0 atom stereocenters. The Hall–Kier alpha value is -1.55. The average molecular weight is 263 g/mol. The van der Waals surface area contributed by atoms with Crippen molar-refractivity contribution < 1.29 is 5.11 Å². The monoisotopic (exact) mass is 262 g/mol. The van der Waals surface area contributed by atoms with E-state index in [1.807, 2.05) is 30.3 Å². The first-order chi connectivity index (χ1) is 7.25. The second-order valence-electron chi connectivity index (χ2n) is 3.36. The second kappa shape index (κ2) is 2.97. The van der Waals surface area contributed by atoms with E-state index >= 15 is 0 Å². The van der Waals surface area contributed by atoms with Crippen LogP contribution in [0.2, 0.25) is 0 Å². The van der Waals surface area contributed by atoms with Gasteiger partial charge in [0.2, 0.25) is 0 Å². The Kier molecular flexibility index (Phi) is 1.73. The van der Waals surface area contributed by atoms with Crippen LogP contribution in [-0.2, 0) is 0 Å². The van der Waals surface area contributed by atoms with Crippen LogP contribution in [0.5, 0.6) is 5.75 Å². The molecular formula is C11H7BrN2O. The number of hydrogen-bond acceptors (Lipinski definition) is 2. The minimum Gasteiger partial charge on any atom is -0.504 e. The Bertz CT molecular complexity index is 660. The van der Waals surface area contributed by atoms with E-state index in [0.717, 1.165) is 20.9 Å². The van der Waals surface area contributed by atoms with Crippen molar-refractivity contribution >= 4 is 32.3 Å². The first kappa shape index (κ1) is 8.73. The lowest BCUT2D eigenvalue weighted by Gasteiger charge is -2.01. The number of fused-ring (bicyclic) bond motifs is 3. The summed E-state index contributed by atoms with van der Waals surface area (Å²) in [6.07, 6.45) is 1.46. The predicted octanol–water partition coefficient (Wildman–Crippen LogP) is 2.96. The van der Waals surface area contributed by atoms with Gasteiger partial charge in [-0.3, -0.25) is 0 Å². The minimum atomic E-state index is 0.208. The molecule has 2 heterocycles. The van der Waals surface area contributed by atoms with Crippen molar-refractivity contribution in [1.82, 2.24) is 9.61 Å². The molecule has 0 aliphatic heterocycles. The van der Waals surface area contributed by atoms with Gasteiger partial charge in [-0.25, -0.2) is 4.52 Å². The molecule has 1 N–H and O–H groups in total. The van der Waals surface area contributed by atoms with Gasteiger partial charge in [-0.05, 0) is 24.3 Å². The van der Waals surface area contributed by atoms with E-state index in [2.05, 4.69) is 21.0 Å². The SMILES string of the molecule is Oc1cnn2c1ccc1cc(Br)ccc12. The molecule has 74 valence electrons. The van der Waals surface area contributed by atoms with Gasteiger partial charge in [0.15, 0.2) is 5.75 Å². The molecule has 3 aromatic rings. The molecule has 3 rings (SSSR count). The smallest absolute Gasteiger partial charge is 0.161 e. The topological polar surface area (TPSA) is 37.5 Å². The van der Waals surface area contributed by atoms with Crippen molar-refractivity contribution in [2.24, 2.45) is 0 Å². The van der Waals surface area contributed by atoms with Gasteiger partial charge in [0.1, 0.15) is 5.52 Å².